The maximum absolute atomic E-state index is 13.2. The number of pyridine rings is 2. The highest BCUT2D eigenvalue weighted by Crippen LogP contribution is 2.26. The molecule has 0 unspecified atom stereocenters. The number of hydrogen-bond donors (Lipinski definition) is 1. The summed E-state index contributed by atoms with van der Waals surface area (Å²) in [6.07, 6.45) is 5.16. The Kier molecular flexibility index (Phi) is 6.49. The summed E-state index contributed by atoms with van der Waals surface area (Å²) >= 11 is 7.50. The molecule has 0 aromatic carbocycles. The van der Waals surface area contributed by atoms with E-state index in [0.29, 0.717) is 34.5 Å². The summed E-state index contributed by atoms with van der Waals surface area (Å²) in [5.74, 6) is 0.351. The van der Waals surface area contributed by atoms with Gasteiger partial charge < -0.3 is 9.88 Å². The summed E-state index contributed by atoms with van der Waals surface area (Å²) in [6.45, 7) is 6.39. The third-order valence-corrected chi connectivity index (χ3v) is 6.22. The minimum atomic E-state index is -0.650. The topological polar surface area (TPSA) is 81.8 Å². The van der Waals surface area contributed by atoms with Crippen LogP contribution in [0.5, 0.6) is 0 Å². The predicted molar refractivity (Wildman–Crippen MR) is 132 cm³/mol. The summed E-state index contributed by atoms with van der Waals surface area (Å²) in [5.41, 5.74) is 0.935. The summed E-state index contributed by atoms with van der Waals surface area (Å²) in [7, 11) is 0. The number of rotatable bonds is 6. The van der Waals surface area contributed by atoms with Crippen molar-refractivity contribution < 1.29 is 4.79 Å². The second-order valence-corrected chi connectivity index (χ2v) is 10.5. The van der Waals surface area contributed by atoms with Gasteiger partial charge in [-0.1, -0.05) is 38.4 Å². The van der Waals surface area contributed by atoms with E-state index in [1.807, 2.05) is 45.0 Å². The summed E-state index contributed by atoms with van der Waals surface area (Å²) < 4.78 is 3.66. The Balaban J connectivity index is 1.70. The maximum atomic E-state index is 13.2. The average Bonchev–Trinajstić information content (AvgIpc) is 3.39. The number of anilines is 1. The van der Waals surface area contributed by atoms with Gasteiger partial charge in [0.05, 0.1) is 23.0 Å². The number of halogens is 1. The summed E-state index contributed by atoms with van der Waals surface area (Å²) in [5, 5.41) is 7.80. The number of carbonyl (C=O) groups excluding carboxylic acids is 1. The van der Waals surface area contributed by atoms with Gasteiger partial charge >= 0.3 is 0 Å². The van der Waals surface area contributed by atoms with Crippen LogP contribution in [-0.2, 0) is 13.1 Å². The first kappa shape index (κ1) is 22.9. The molecule has 0 saturated heterocycles. The Labute approximate surface area is 200 Å². The highest BCUT2D eigenvalue weighted by atomic mass is 35.5. The number of nitrogens with one attached hydrogen (secondary N) is 1. The third-order valence-electron chi connectivity index (χ3n) is 4.99. The molecule has 0 aliphatic carbocycles. The molecule has 4 aromatic heterocycles. The third kappa shape index (κ3) is 5.23. The van der Waals surface area contributed by atoms with Crippen molar-refractivity contribution in [1.29, 1.82) is 0 Å². The fraction of sp³-hybridized carbons (Fsp3) is 0.250. The van der Waals surface area contributed by atoms with Gasteiger partial charge in [0.1, 0.15) is 11.5 Å². The fourth-order valence-electron chi connectivity index (χ4n) is 3.28. The van der Waals surface area contributed by atoms with Gasteiger partial charge in [0.15, 0.2) is 0 Å². The zero-order chi connectivity index (χ0) is 23.6. The van der Waals surface area contributed by atoms with E-state index >= 15 is 0 Å². The van der Waals surface area contributed by atoms with E-state index in [2.05, 4.69) is 15.4 Å². The molecule has 9 heteroatoms. The second kappa shape index (κ2) is 9.33. The molecule has 0 radical (unpaired) electrons. The molecule has 4 aromatic rings. The molecule has 0 aliphatic rings. The van der Waals surface area contributed by atoms with E-state index in [-0.39, 0.29) is 11.5 Å². The van der Waals surface area contributed by atoms with E-state index in [0.717, 1.165) is 10.4 Å². The normalized spacial score (nSPS) is 11.5. The van der Waals surface area contributed by atoms with Gasteiger partial charge in [0, 0.05) is 34.9 Å². The van der Waals surface area contributed by atoms with E-state index in [1.54, 1.807) is 41.4 Å². The largest absolute Gasteiger partial charge is 0.365 e. The van der Waals surface area contributed by atoms with E-state index < -0.39 is 5.41 Å². The number of aromatic nitrogens is 4. The van der Waals surface area contributed by atoms with Crippen LogP contribution in [0.25, 0.3) is 11.3 Å². The van der Waals surface area contributed by atoms with Crippen molar-refractivity contribution in [2.24, 2.45) is 5.41 Å². The number of hydrogen-bond acceptors (Lipinski definition) is 6. The predicted octanol–water partition coefficient (Wildman–Crippen LogP) is 5.17. The lowest BCUT2D eigenvalue weighted by atomic mass is 9.96. The van der Waals surface area contributed by atoms with Crippen molar-refractivity contribution in [2.45, 2.75) is 33.9 Å². The lowest BCUT2D eigenvalue weighted by Crippen LogP contribution is -2.29. The molecule has 7 nitrogen and oxygen atoms in total. The molecular formula is C24H24ClN5O2S. The highest BCUT2D eigenvalue weighted by molar-refractivity contribution is 7.16. The van der Waals surface area contributed by atoms with Crippen molar-refractivity contribution in [3.05, 3.63) is 86.2 Å². The van der Waals surface area contributed by atoms with Crippen molar-refractivity contribution >= 4 is 34.7 Å². The second-order valence-electron chi connectivity index (χ2n) is 8.66. The Morgan fingerprint density at radius 1 is 1.18 bits per heavy atom. The average molecular weight is 482 g/mol. The molecule has 0 fully saturated rings. The molecule has 33 heavy (non-hydrogen) atoms. The first-order valence-corrected chi connectivity index (χ1v) is 11.6. The van der Waals surface area contributed by atoms with Crippen LogP contribution < -0.4 is 10.9 Å². The van der Waals surface area contributed by atoms with Gasteiger partial charge in [-0.2, -0.15) is 9.78 Å². The van der Waals surface area contributed by atoms with Crippen LogP contribution in [0, 0.1) is 5.41 Å². The number of nitrogens with zero attached hydrogens (tertiary/aromatic N) is 4. The van der Waals surface area contributed by atoms with Gasteiger partial charge in [0.25, 0.3) is 11.5 Å². The van der Waals surface area contributed by atoms with Crippen LogP contribution in [0.1, 0.15) is 36.0 Å². The monoisotopic (exact) mass is 481 g/mol. The fourth-order valence-corrected chi connectivity index (χ4v) is 4.31. The van der Waals surface area contributed by atoms with Crippen LogP contribution in [0.15, 0.2) is 65.8 Å². The Morgan fingerprint density at radius 3 is 2.67 bits per heavy atom. The number of carbonyl (C=O) groups is 1. The van der Waals surface area contributed by atoms with Gasteiger partial charge in [-0.3, -0.25) is 14.6 Å². The molecule has 4 rings (SSSR count). The zero-order valence-electron chi connectivity index (χ0n) is 18.6. The van der Waals surface area contributed by atoms with Gasteiger partial charge in [-0.25, -0.2) is 0 Å². The van der Waals surface area contributed by atoms with Gasteiger partial charge in [-0.05, 0) is 35.9 Å². The molecule has 4 heterocycles. The lowest BCUT2D eigenvalue weighted by molar-refractivity contribution is 0.0752. The zero-order valence-corrected chi connectivity index (χ0v) is 20.2. The number of thiophene rings is 1. The minimum absolute atomic E-state index is 0.174. The molecule has 0 saturated carbocycles. The summed E-state index contributed by atoms with van der Waals surface area (Å²) in [4.78, 5) is 31.4. The van der Waals surface area contributed by atoms with Crippen LogP contribution in [0.2, 0.25) is 4.34 Å². The lowest BCUT2D eigenvalue weighted by Gasteiger charge is -2.18. The standard InChI is InChI=1S/C24H24ClN5O2S/c1-24(2,3)23(32)30-21(27-14-17-8-9-20(25)33-17)12-19(28-30)18-7-5-11-29(22(18)31)15-16-6-4-10-26-13-16/h4-13,27H,14-15H2,1-3H3. The van der Waals surface area contributed by atoms with Gasteiger partial charge in [-0.15, -0.1) is 11.3 Å². The van der Waals surface area contributed by atoms with Crippen molar-refractivity contribution in [1.82, 2.24) is 19.3 Å². The maximum Gasteiger partial charge on any atom is 0.260 e. The quantitative estimate of drug-likeness (QED) is 0.411. The molecule has 0 amide bonds. The molecule has 0 aliphatic heterocycles. The smallest absolute Gasteiger partial charge is 0.260 e. The molecule has 0 bridgehead atoms. The molecule has 1 N–H and O–H groups in total. The molecule has 0 spiro atoms. The minimum Gasteiger partial charge on any atom is -0.365 e. The van der Waals surface area contributed by atoms with Crippen molar-refractivity contribution in [3.8, 4) is 11.3 Å². The SMILES string of the molecule is CC(C)(C)C(=O)n1nc(-c2cccn(Cc3cccnc3)c2=O)cc1NCc1ccc(Cl)s1. The first-order chi connectivity index (χ1) is 15.7. The van der Waals surface area contributed by atoms with Crippen molar-refractivity contribution in [2.75, 3.05) is 5.32 Å². The van der Waals surface area contributed by atoms with E-state index in [1.165, 1.54) is 16.0 Å². The van der Waals surface area contributed by atoms with Crippen LogP contribution in [-0.4, -0.2) is 25.2 Å². The highest BCUT2D eigenvalue weighted by Gasteiger charge is 2.27. The Morgan fingerprint density at radius 2 is 2.00 bits per heavy atom. The molecule has 170 valence electrons. The first-order valence-electron chi connectivity index (χ1n) is 10.4. The summed E-state index contributed by atoms with van der Waals surface area (Å²) in [6, 6.07) is 12.8. The van der Waals surface area contributed by atoms with Gasteiger partial charge in [0.2, 0.25) is 0 Å². The van der Waals surface area contributed by atoms with Crippen LogP contribution in [0.3, 0.4) is 0 Å². The molecular weight excluding hydrogens is 458 g/mol. The Bertz CT molecular complexity index is 1330. The van der Waals surface area contributed by atoms with Crippen molar-refractivity contribution in [3.63, 3.8) is 0 Å². The van der Waals surface area contributed by atoms with E-state index in [4.69, 9.17) is 11.6 Å². The van der Waals surface area contributed by atoms with Crippen LogP contribution in [0.4, 0.5) is 5.82 Å². The van der Waals surface area contributed by atoms with E-state index in [9.17, 15) is 9.59 Å². The van der Waals surface area contributed by atoms with Crippen LogP contribution >= 0.6 is 22.9 Å². The Hall–Kier alpha value is -3.23. The molecule has 0 atom stereocenters.